The maximum absolute atomic E-state index is 6.18. The molecule has 0 aliphatic heterocycles. The summed E-state index contributed by atoms with van der Waals surface area (Å²) in [6, 6.07) is 10.2. The number of rotatable bonds is 3. The van der Waals surface area contributed by atoms with E-state index in [9.17, 15) is 0 Å². The second-order valence-corrected chi connectivity index (χ2v) is 5.03. The molecule has 2 aromatic rings. The number of aromatic nitrogens is 1. The SMILES string of the molecule is CCC(C)(N)c1nc(-c2ccccc2)cs1. The lowest BCUT2D eigenvalue weighted by Gasteiger charge is -2.18. The molecular formula is C13H16N2S. The van der Waals surface area contributed by atoms with Crippen molar-refractivity contribution in [2.45, 2.75) is 25.8 Å². The maximum Gasteiger partial charge on any atom is 0.113 e. The summed E-state index contributed by atoms with van der Waals surface area (Å²) < 4.78 is 0. The van der Waals surface area contributed by atoms with Crippen LogP contribution in [0.1, 0.15) is 25.3 Å². The fraction of sp³-hybridized carbons (Fsp3) is 0.308. The zero-order valence-corrected chi connectivity index (χ0v) is 10.4. The van der Waals surface area contributed by atoms with Crippen molar-refractivity contribution in [2.24, 2.45) is 5.73 Å². The normalized spacial score (nSPS) is 14.7. The van der Waals surface area contributed by atoms with Crippen molar-refractivity contribution in [3.8, 4) is 11.3 Å². The van der Waals surface area contributed by atoms with Gasteiger partial charge in [0.1, 0.15) is 5.01 Å². The van der Waals surface area contributed by atoms with Gasteiger partial charge in [0.25, 0.3) is 0 Å². The predicted octanol–water partition coefficient (Wildman–Crippen LogP) is 3.39. The highest BCUT2D eigenvalue weighted by atomic mass is 32.1. The van der Waals surface area contributed by atoms with E-state index in [1.807, 2.05) is 25.1 Å². The van der Waals surface area contributed by atoms with E-state index in [4.69, 9.17) is 5.73 Å². The molecule has 16 heavy (non-hydrogen) atoms. The smallest absolute Gasteiger partial charge is 0.113 e. The Balaban J connectivity index is 2.34. The Hall–Kier alpha value is -1.19. The van der Waals surface area contributed by atoms with Gasteiger partial charge in [0, 0.05) is 10.9 Å². The summed E-state index contributed by atoms with van der Waals surface area (Å²) in [7, 11) is 0. The number of nitrogens with two attached hydrogens (primary N) is 1. The van der Waals surface area contributed by atoms with E-state index in [0.29, 0.717) is 0 Å². The minimum absolute atomic E-state index is 0.308. The van der Waals surface area contributed by atoms with Gasteiger partial charge >= 0.3 is 0 Å². The second-order valence-electron chi connectivity index (χ2n) is 4.17. The Morgan fingerprint density at radius 1 is 1.31 bits per heavy atom. The first-order chi connectivity index (χ1) is 7.63. The number of nitrogens with zero attached hydrogens (tertiary/aromatic N) is 1. The lowest BCUT2D eigenvalue weighted by Crippen LogP contribution is -2.31. The highest BCUT2D eigenvalue weighted by molar-refractivity contribution is 7.10. The highest BCUT2D eigenvalue weighted by Crippen LogP contribution is 2.28. The molecule has 2 rings (SSSR count). The topological polar surface area (TPSA) is 38.9 Å². The van der Waals surface area contributed by atoms with Gasteiger partial charge in [0.2, 0.25) is 0 Å². The van der Waals surface area contributed by atoms with Crippen LogP contribution in [-0.2, 0) is 5.54 Å². The van der Waals surface area contributed by atoms with E-state index in [1.165, 1.54) is 0 Å². The summed E-state index contributed by atoms with van der Waals surface area (Å²) in [5, 5.41) is 3.08. The Morgan fingerprint density at radius 3 is 2.62 bits per heavy atom. The van der Waals surface area contributed by atoms with Crippen LogP contribution in [0.5, 0.6) is 0 Å². The lowest BCUT2D eigenvalue weighted by molar-refractivity contribution is 0.474. The third kappa shape index (κ3) is 2.15. The summed E-state index contributed by atoms with van der Waals surface area (Å²) in [5.74, 6) is 0. The van der Waals surface area contributed by atoms with Gasteiger partial charge in [0.05, 0.1) is 11.2 Å². The summed E-state index contributed by atoms with van der Waals surface area (Å²) in [6.07, 6.45) is 0.898. The minimum Gasteiger partial charge on any atom is -0.320 e. The molecule has 1 unspecified atom stereocenters. The van der Waals surface area contributed by atoms with Gasteiger partial charge in [-0.3, -0.25) is 0 Å². The van der Waals surface area contributed by atoms with Crippen LogP contribution in [0.4, 0.5) is 0 Å². The summed E-state index contributed by atoms with van der Waals surface area (Å²) >= 11 is 1.64. The molecule has 2 nitrogen and oxygen atoms in total. The van der Waals surface area contributed by atoms with E-state index in [1.54, 1.807) is 11.3 Å². The Kier molecular flexibility index (Phi) is 3.08. The van der Waals surface area contributed by atoms with Crippen molar-refractivity contribution in [3.63, 3.8) is 0 Å². The Morgan fingerprint density at radius 2 is 2.00 bits per heavy atom. The van der Waals surface area contributed by atoms with Crippen molar-refractivity contribution in [3.05, 3.63) is 40.7 Å². The van der Waals surface area contributed by atoms with E-state index < -0.39 is 0 Å². The quantitative estimate of drug-likeness (QED) is 0.881. The van der Waals surface area contributed by atoms with Crippen LogP contribution in [0.3, 0.4) is 0 Å². The lowest BCUT2D eigenvalue weighted by atomic mass is 10.0. The molecule has 0 radical (unpaired) electrons. The van der Waals surface area contributed by atoms with Gasteiger partial charge in [-0.15, -0.1) is 11.3 Å². The number of hydrogen-bond donors (Lipinski definition) is 1. The van der Waals surface area contributed by atoms with Crippen LogP contribution in [0, 0.1) is 0 Å². The molecule has 84 valence electrons. The standard InChI is InChI=1S/C13H16N2S/c1-3-13(2,14)12-15-11(9-16-12)10-7-5-4-6-8-10/h4-9H,3,14H2,1-2H3. The van der Waals surface area contributed by atoms with Gasteiger partial charge in [-0.25, -0.2) is 4.98 Å². The molecule has 0 saturated heterocycles. The van der Waals surface area contributed by atoms with Crippen LogP contribution in [0.15, 0.2) is 35.7 Å². The molecule has 0 aliphatic carbocycles. The molecule has 1 aromatic carbocycles. The zero-order chi connectivity index (χ0) is 11.6. The summed E-state index contributed by atoms with van der Waals surface area (Å²) in [6.45, 7) is 4.12. The summed E-state index contributed by atoms with van der Waals surface area (Å²) in [4.78, 5) is 4.62. The van der Waals surface area contributed by atoms with Gasteiger partial charge < -0.3 is 5.73 Å². The molecular weight excluding hydrogens is 216 g/mol. The van der Waals surface area contributed by atoms with E-state index in [0.717, 1.165) is 22.7 Å². The fourth-order valence-electron chi connectivity index (χ4n) is 1.43. The van der Waals surface area contributed by atoms with Crippen molar-refractivity contribution in [1.29, 1.82) is 0 Å². The molecule has 0 amide bonds. The van der Waals surface area contributed by atoms with Gasteiger partial charge in [-0.1, -0.05) is 37.3 Å². The second kappa shape index (κ2) is 4.36. The van der Waals surface area contributed by atoms with E-state index in [2.05, 4.69) is 29.4 Å². The van der Waals surface area contributed by atoms with Crippen LogP contribution < -0.4 is 5.73 Å². The monoisotopic (exact) mass is 232 g/mol. The molecule has 0 spiro atoms. The van der Waals surface area contributed by atoms with Crippen molar-refractivity contribution in [2.75, 3.05) is 0 Å². The molecule has 1 heterocycles. The first kappa shape index (κ1) is 11.3. The van der Waals surface area contributed by atoms with E-state index in [-0.39, 0.29) is 5.54 Å². The maximum atomic E-state index is 6.18. The van der Waals surface area contributed by atoms with Crippen LogP contribution in [0.2, 0.25) is 0 Å². The van der Waals surface area contributed by atoms with Crippen LogP contribution in [-0.4, -0.2) is 4.98 Å². The van der Waals surface area contributed by atoms with Gasteiger partial charge in [0.15, 0.2) is 0 Å². The van der Waals surface area contributed by atoms with Crippen molar-refractivity contribution in [1.82, 2.24) is 4.98 Å². The molecule has 0 saturated carbocycles. The van der Waals surface area contributed by atoms with E-state index >= 15 is 0 Å². The Labute approximate surface area is 100 Å². The summed E-state index contributed by atoms with van der Waals surface area (Å²) in [5.41, 5.74) is 8.04. The third-order valence-corrected chi connectivity index (χ3v) is 3.92. The largest absolute Gasteiger partial charge is 0.320 e. The number of thiazole rings is 1. The minimum atomic E-state index is -0.308. The molecule has 0 aliphatic rings. The Bertz CT molecular complexity index is 460. The zero-order valence-electron chi connectivity index (χ0n) is 9.60. The molecule has 1 atom stereocenters. The van der Waals surface area contributed by atoms with Crippen molar-refractivity contribution < 1.29 is 0 Å². The predicted molar refractivity (Wildman–Crippen MR) is 69.4 cm³/mol. The first-order valence-electron chi connectivity index (χ1n) is 5.44. The van der Waals surface area contributed by atoms with Crippen LogP contribution in [0.25, 0.3) is 11.3 Å². The fourth-order valence-corrected chi connectivity index (χ4v) is 2.41. The highest BCUT2D eigenvalue weighted by Gasteiger charge is 2.22. The molecule has 0 bridgehead atoms. The molecule has 0 fully saturated rings. The number of benzene rings is 1. The third-order valence-electron chi connectivity index (χ3n) is 2.80. The molecule has 3 heteroatoms. The average molecular weight is 232 g/mol. The number of hydrogen-bond acceptors (Lipinski definition) is 3. The molecule has 2 N–H and O–H groups in total. The molecule has 1 aromatic heterocycles. The average Bonchev–Trinajstić information content (AvgIpc) is 2.80. The van der Waals surface area contributed by atoms with Gasteiger partial charge in [-0.2, -0.15) is 0 Å². The first-order valence-corrected chi connectivity index (χ1v) is 6.32. The van der Waals surface area contributed by atoms with Crippen molar-refractivity contribution >= 4 is 11.3 Å². The van der Waals surface area contributed by atoms with Crippen LogP contribution >= 0.6 is 11.3 Å². The van der Waals surface area contributed by atoms with Gasteiger partial charge in [-0.05, 0) is 13.3 Å².